The molecule has 0 radical (unpaired) electrons. The quantitative estimate of drug-likeness (QED) is 0.765. The summed E-state index contributed by atoms with van der Waals surface area (Å²) in [5.41, 5.74) is 0.942. The van der Waals surface area contributed by atoms with Crippen molar-refractivity contribution < 1.29 is 4.52 Å². The molecule has 1 N–H and O–H groups in total. The van der Waals surface area contributed by atoms with Crippen molar-refractivity contribution in [3.8, 4) is 0 Å². The third-order valence-electron chi connectivity index (χ3n) is 2.43. The van der Waals surface area contributed by atoms with E-state index in [2.05, 4.69) is 15.5 Å². The van der Waals surface area contributed by atoms with Crippen LogP contribution in [0.5, 0.6) is 0 Å². The molecule has 0 bridgehead atoms. The summed E-state index contributed by atoms with van der Waals surface area (Å²) in [5, 5.41) is 7.21. The average Bonchev–Trinajstić information content (AvgIpc) is 2.83. The van der Waals surface area contributed by atoms with Crippen LogP contribution in [-0.2, 0) is 20.0 Å². The Hall–Kier alpha value is -1.62. The van der Waals surface area contributed by atoms with Gasteiger partial charge in [0, 0.05) is 45.0 Å². The zero-order valence-corrected chi connectivity index (χ0v) is 9.60. The third kappa shape index (κ3) is 2.70. The van der Waals surface area contributed by atoms with E-state index in [0.29, 0.717) is 0 Å². The van der Waals surface area contributed by atoms with Gasteiger partial charge in [0.2, 0.25) is 0 Å². The van der Waals surface area contributed by atoms with Gasteiger partial charge in [0.25, 0.3) is 0 Å². The molecule has 2 heterocycles. The van der Waals surface area contributed by atoms with Crippen molar-refractivity contribution in [2.45, 2.75) is 19.9 Å². The fraction of sp³-hybridized carbons (Fsp3) is 0.455. The number of aryl methyl sites for hydroxylation is 2. The lowest BCUT2D eigenvalue weighted by Crippen LogP contribution is -2.18. The van der Waals surface area contributed by atoms with E-state index in [4.69, 9.17) is 4.52 Å². The van der Waals surface area contributed by atoms with E-state index in [-0.39, 0.29) is 0 Å². The fourth-order valence-electron chi connectivity index (χ4n) is 1.56. The van der Waals surface area contributed by atoms with Gasteiger partial charge in [-0.2, -0.15) is 0 Å². The lowest BCUT2D eigenvalue weighted by atomic mass is 10.3. The Labute approximate surface area is 94.5 Å². The normalized spacial score (nSPS) is 10.9. The first-order valence-corrected chi connectivity index (χ1v) is 5.35. The van der Waals surface area contributed by atoms with Crippen LogP contribution in [0.4, 0.5) is 0 Å². The Morgan fingerprint density at radius 1 is 1.50 bits per heavy atom. The van der Waals surface area contributed by atoms with Crippen LogP contribution in [0.15, 0.2) is 23.0 Å². The molecule has 86 valence electrons. The molecule has 16 heavy (non-hydrogen) atoms. The lowest BCUT2D eigenvalue weighted by Gasteiger charge is -2.02. The minimum Gasteiger partial charge on any atom is -0.361 e. The van der Waals surface area contributed by atoms with E-state index in [1.807, 2.05) is 37.0 Å². The topological polar surface area (TPSA) is 55.9 Å². The van der Waals surface area contributed by atoms with Crippen molar-refractivity contribution in [1.29, 1.82) is 0 Å². The van der Waals surface area contributed by atoms with Crippen LogP contribution in [0.3, 0.4) is 0 Å². The summed E-state index contributed by atoms with van der Waals surface area (Å²) in [6.45, 7) is 3.52. The van der Waals surface area contributed by atoms with Crippen LogP contribution in [0, 0.1) is 6.92 Å². The maximum Gasteiger partial charge on any atom is 0.133 e. The standard InChI is InChI=1S/C11H16N4O/c1-9-7-10(14-16-9)8-12-4-3-11-13-5-6-15(11)2/h5-7,12H,3-4,8H2,1-2H3. The molecule has 2 rings (SSSR count). The van der Waals surface area contributed by atoms with Crippen molar-refractivity contribution in [3.05, 3.63) is 35.7 Å². The molecular formula is C11H16N4O. The van der Waals surface area contributed by atoms with Gasteiger partial charge in [-0.15, -0.1) is 0 Å². The van der Waals surface area contributed by atoms with Crippen LogP contribution >= 0.6 is 0 Å². The van der Waals surface area contributed by atoms with Gasteiger partial charge in [-0.25, -0.2) is 4.98 Å². The molecule has 0 unspecified atom stereocenters. The second kappa shape index (κ2) is 4.94. The van der Waals surface area contributed by atoms with Gasteiger partial charge in [0.1, 0.15) is 11.6 Å². The van der Waals surface area contributed by atoms with Gasteiger partial charge in [-0.05, 0) is 6.92 Å². The van der Waals surface area contributed by atoms with Crippen molar-refractivity contribution in [2.75, 3.05) is 6.54 Å². The summed E-state index contributed by atoms with van der Waals surface area (Å²) in [6, 6.07) is 1.94. The predicted octanol–water partition coefficient (Wildman–Crippen LogP) is 1.05. The summed E-state index contributed by atoms with van der Waals surface area (Å²) in [7, 11) is 2.00. The number of nitrogens with one attached hydrogen (secondary N) is 1. The molecule has 0 aromatic carbocycles. The predicted molar refractivity (Wildman–Crippen MR) is 59.9 cm³/mol. The van der Waals surface area contributed by atoms with E-state index in [1.54, 1.807) is 0 Å². The molecule has 2 aromatic rings. The first-order valence-electron chi connectivity index (χ1n) is 5.35. The van der Waals surface area contributed by atoms with Gasteiger partial charge >= 0.3 is 0 Å². The highest BCUT2D eigenvalue weighted by Gasteiger charge is 2.01. The zero-order chi connectivity index (χ0) is 11.4. The van der Waals surface area contributed by atoms with Gasteiger partial charge in [0.15, 0.2) is 0 Å². The van der Waals surface area contributed by atoms with Crippen LogP contribution in [0.25, 0.3) is 0 Å². The number of hydrogen-bond donors (Lipinski definition) is 1. The molecular weight excluding hydrogens is 204 g/mol. The fourth-order valence-corrected chi connectivity index (χ4v) is 1.56. The third-order valence-corrected chi connectivity index (χ3v) is 2.43. The van der Waals surface area contributed by atoms with E-state index >= 15 is 0 Å². The second-order valence-corrected chi connectivity index (χ2v) is 3.81. The van der Waals surface area contributed by atoms with Crippen molar-refractivity contribution in [1.82, 2.24) is 20.0 Å². The number of nitrogens with zero attached hydrogens (tertiary/aromatic N) is 3. The number of imidazole rings is 1. The molecule has 5 nitrogen and oxygen atoms in total. The summed E-state index contributed by atoms with van der Waals surface area (Å²) >= 11 is 0. The molecule has 0 atom stereocenters. The molecule has 0 spiro atoms. The first kappa shape index (κ1) is 10.9. The number of rotatable bonds is 5. The summed E-state index contributed by atoms with van der Waals surface area (Å²) < 4.78 is 7.01. The minimum atomic E-state index is 0.738. The van der Waals surface area contributed by atoms with Gasteiger partial charge in [0.05, 0.1) is 5.69 Å². The average molecular weight is 220 g/mol. The Morgan fingerprint density at radius 2 is 2.38 bits per heavy atom. The van der Waals surface area contributed by atoms with Crippen LogP contribution in [0.1, 0.15) is 17.3 Å². The maximum absolute atomic E-state index is 4.98. The summed E-state index contributed by atoms with van der Waals surface area (Å²) in [6.07, 6.45) is 4.69. The SMILES string of the molecule is Cc1cc(CNCCc2nccn2C)no1. The maximum atomic E-state index is 4.98. The Balaban J connectivity index is 1.71. The highest BCUT2D eigenvalue weighted by molar-refractivity contribution is 5.03. The van der Waals surface area contributed by atoms with Crippen molar-refractivity contribution >= 4 is 0 Å². The van der Waals surface area contributed by atoms with Gasteiger partial charge in [-0.1, -0.05) is 5.16 Å². The monoisotopic (exact) mass is 220 g/mol. The van der Waals surface area contributed by atoms with Crippen LogP contribution < -0.4 is 5.32 Å². The molecule has 0 aliphatic carbocycles. The molecule has 0 saturated carbocycles. The van der Waals surface area contributed by atoms with E-state index in [9.17, 15) is 0 Å². The Morgan fingerprint density at radius 3 is 3.00 bits per heavy atom. The number of hydrogen-bond acceptors (Lipinski definition) is 4. The van der Waals surface area contributed by atoms with Crippen molar-refractivity contribution in [3.63, 3.8) is 0 Å². The minimum absolute atomic E-state index is 0.738. The molecule has 2 aromatic heterocycles. The molecule has 5 heteroatoms. The molecule has 0 aliphatic heterocycles. The molecule has 0 amide bonds. The Bertz CT molecular complexity index is 446. The van der Waals surface area contributed by atoms with E-state index < -0.39 is 0 Å². The first-order chi connectivity index (χ1) is 7.75. The highest BCUT2D eigenvalue weighted by atomic mass is 16.5. The van der Waals surface area contributed by atoms with Crippen molar-refractivity contribution in [2.24, 2.45) is 7.05 Å². The van der Waals surface area contributed by atoms with E-state index in [0.717, 1.165) is 36.8 Å². The van der Waals surface area contributed by atoms with Gasteiger partial charge in [-0.3, -0.25) is 0 Å². The summed E-state index contributed by atoms with van der Waals surface area (Å²) in [4.78, 5) is 4.25. The lowest BCUT2D eigenvalue weighted by molar-refractivity contribution is 0.388. The molecule has 0 fully saturated rings. The van der Waals surface area contributed by atoms with Gasteiger partial charge < -0.3 is 14.4 Å². The Kier molecular flexibility index (Phi) is 3.36. The van der Waals surface area contributed by atoms with Crippen LogP contribution in [0.2, 0.25) is 0 Å². The molecule has 0 saturated heterocycles. The molecule has 0 aliphatic rings. The number of aromatic nitrogens is 3. The smallest absolute Gasteiger partial charge is 0.133 e. The van der Waals surface area contributed by atoms with Crippen LogP contribution in [-0.4, -0.2) is 21.3 Å². The highest BCUT2D eigenvalue weighted by Crippen LogP contribution is 2.00. The second-order valence-electron chi connectivity index (χ2n) is 3.81. The largest absolute Gasteiger partial charge is 0.361 e. The van der Waals surface area contributed by atoms with E-state index in [1.165, 1.54) is 0 Å². The zero-order valence-electron chi connectivity index (χ0n) is 9.60. The summed E-state index contributed by atoms with van der Waals surface area (Å²) in [5.74, 6) is 1.93.